The highest BCUT2D eigenvalue weighted by molar-refractivity contribution is 5.67. The van der Waals surface area contributed by atoms with Crippen LogP contribution in [0.1, 0.15) is 46.5 Å². The van der Waals surface area contributed by atoms with Gasteiger partial charge in [0.25, 0.3) is 0 Å². The predicted molar refractivity (Wildman–Crippen MR) is 76.2 cm³/mol. The van der Waals surface area contributed by atoms with Crippen molar-refractivity contribution in [3.63, 3.8) is 0 Å². The number of hydrogen-bond acceptors (Lipinski definition) is 3. The van der Waals surface area contributed by atoms with E-state index < -0.39 is 0 Å². The minimum absolute atomic E-state index is 0.0196. The summed E-state index contributed by atoms with van der Waals surface area (Å²) < 4.78 is 5.26. The first-order chi connectivity index (χ1) is 9.06. The molecule has 0 aliphatic carbocycles. The molecule has 110 valence electrons. The predicted octanol–water partition coefficient (Wildman–Crippen LogP) is 2.73. The highest BCUT2D eigenvalue weighted by atomic mass is 16.6. The Morgan fingerprint density at radius 1 is 1.05 bits per heavy atom. The van der Waals surface area contributed by atoms with Crippen LogP contribution in [0, 0.1) is 5.92 Å². The lowest BCUT2D eigenvalue weighted by molar-refractivity contribution is 0.0480. The summed E-state index contributed by atoms with van der Waals surface area (Å²) in [6, 6.07) is 0.676. The molecule has 19 heavy (non-hydrogen) atoms. The normalized spacial score (nSPS) is 23.9. The summed E-state index contributed by atoms with van der Waals surface area (Å²) in [6.07, 6.45) is 4.70. The quantitative estimate of drug-likeness (QED) is 0.772. The third-order valence-corrected chi connectivity index (χ3v) is 4.39. The second-order valence-corrected chi connectivity index (χ2v) is 6.37. The molecule has 0 aromatic rings. The zero-order valence-corrected chi connectivity index (χ0v) is 12.6. The van der Waals surface area contributed by atoms with Crippen LogP contribution in [0.4, 0.5) is 4.79 Å². The van der Waals surface area contributed by atoms with Crippen molar-refractivity contribution >= 4 is 6.09 Å². The van der Waals surface area contributed by atoms with Crippen LogP contribution in [0.3, 0.4) is 0 Å². The van der Waals surface area contributed by atoms with E-state index in [1.807, 2.05) is 18.7 Å². The van der Waals surface area contributed by atoms with Crippen molar-refractivity contribution in [3.8, 4) is 0 Å². The minimum atomic E-state index is -0.138. The largest absolute Gasteiger partial charge is 0.447 e. The van der Waals surface area contributed by atoms with Crippen LogP contribution in [0.5, 0.6) is 0 Å². The van der Waals surface area contributed by atoms with Gasteiger partial charge in [-0.1, -0.05) is 6.92 Å². The molecule has 2 aliphatic rings. The summed E-state index contributed by atoms with van der Waals surface area (Å²) in [7, 11) is 0. The first kappa shape index (κ1) is 14.6. The van der Waals surface area contributed by atoms with Crippen LogP contribution < -0.4 is 0 Å². The van der Waals surface area contributed by atoms with Crippen molar-refractivity contribution in [1.82, 2.24) is 9.80 Å². The molecular weight excluding hydrogens is 240 g/mol. The van der Waals surface area contributed by atoms with Gasteiger partial charge in [-0.2, -0.15) is 0 Å². The fourth-order valence-electron chi connectivity index (χ4n) is 3.08. The molecule has 4 heteroatoms. The van der Waals surface area contributed by atoms with Gasteiger partial charge in [0.15, 0.2) is 0 Å². The van der Waals surface area contributed by atoms with E-state index in [1.165, 1.54) is 25.9 Å². The third-order valence-electron chi connectivity index (χ3n) is 4.39. The van der Waals surface area contributed by atoms with Crippen molar-refractivity contribution in [2.75, 3.05) is 26.2 Å². The smallest absolute Gasteiger partial charge is 0.410 e. The number of amides is 1. The Bertz CT molecular complexity index is 291. The Kier molecular flexibility index (Phi) is 5.08. The number of nitrogens with zero attached hydrogens (tertiary/aromatic N) is 2. The summed E-state index contributed by atoms with van der Waals surface area (Å²) in [5.74, 6) is 0.886. The Hall–Kier alpha value is -0.770. The number of likely N-dealkylation sites (tertiary alicyclic amines) is 2. The number of rotatable bonds is 2. The molecule has 0 radical (unpaired) electrons. The molecule has 1 amide bonds. The number of carbonyl (C=O) groups excluding carboxylic acids is 1. The van der Waals surface area contributed by atoms with Gasteiger partial charge in [-0.05, 0) is 58.5 Å². The Balaban J connectivity index is 1.74. The first-order valence-electron chi connectivity index (χ1n) is 7.76. The van der Waals surface area contributed by atoms with Crippen LogP contribution in [0.2, 0.25) is 0 Å². The lowest BCUT2D eigenvalue weighted by atomic mass is 9.95. The van der Waals surface area contributed by atoms with Gasteiger partial charge >= 0.3 is 6.09 Å². The van der Waals surface area contributed by atoms with Crippen molar-refractivity contribution in [3.05, 3.63) is 0 Å². The second kappa shape index (κ2) is 6.60. The highest BCUT2D eigenvalue weighted by Gasteiger charge is 2.29. The molecule has 0 aromatic carbocycles. The van der Waals surface area contributed by atoms with Crippen LogP contribution in [0.25, 0.3) is 0 Å². The van der Waals surface area contributed by atoms with E-state index in [4.69, 9.17) is 4.74 Å². The second-order valence-electron chi connectivity index (χ2n) is 6.37. The minimum Gasteiger partial charge on any atom is -0.447 e. The van der Waals surface area contributed by atoms with Gasteiger partial charge in [-0.25, -0.2) is 4.79 Å². The molecule has 2 fully saturated rings. The molecule has 0 spiro atoms. The fourth-order valence-corrected chi connectivity index (χ4v) is 3.08. The molecule has 0 unspecified atom stereocenters. The highest BCUT2D eigenvalue weighted by Crippen LogP contribution is 2.23. The van der Waals surface area contributed by atoms with Gasteiger partial charge in [-0.15, -0.1) is 0 Å². The molecule has 0 N–H and O–H groups in total. The molecule has 0 atom stereocenters. The maximum Gasteiger partial charge on any atom is 0.410 e. The average Bonchev–Trinajstić information content (AvgIpc) is 2.39. The van der Waals surface area contributed by atoms with E-state index in [2.05, 4.69) is 11.8 Å². The SMILES string of the molecule is CC1CCN(C2CCN(C(=O)OC(C)C)CC2)CC1. The number of carbonyl (C=O) groups is 1. The van der Waals surface area contributed by atoms with E-state index in [0.717, 1.165) is 31.8 Å². The van der Waals surface area contributed by atoms with Gasteiger partial charge in [0, 0.05) is 19.1 Å². The fraction of sp³-hybridized carbons (Fsp3) is 0.933. The van der Waals surface area contributed by atoms with Crippen LogP contribution in [-0.2, 0) is 4.74 Å². The Labute approximate surface area is 117 Å². The van der Waals surface area contributed by atoms with Gasteiger partial charge in [0.1, 0.15) is 0 Å². The van der Waals surface area contributed by atoms with Crippen molar-refractivity contribution in [2.45, 2.75) is 58.6 Å². The van der Waals surface area contributed by atoms with Gasteiger partial charge < -0.3 is 14.5 Å². The third kappa shape index (κ3) is 4.10. The molecule has 2 heterocycles. The van der Waals surface area contributed by atoms with Crippen LogP contribution in [0.15, 0.2) is 0 Å². The molecule has 0 aromatic heterocycles. The number of piperidine rings is 2. The summed E-state index contributed by atoms with van der Waals surface area (Å²) in [5.41, 5.74) is 0. The molecule has 2 aliphatic heterocycles. The first-order valence-corrected chi connectivity index (χ1v) is 7.76. The van der Waals surface area contributed by atoms with E-state index in [-0.39, 0.29) is 12.2 Å². The molecule has 4 nitrogen and oxygen atoms in total. The maximum absolute atomic E-state index is 11.8. The maximum atomic E-state index is 11.8. The van der Waals surface area contributed by atoms with Crippen molar-refractivity contribution in [1.29, 1.82) is 0 Å². The molecular formula is C15H28N2O2. The monoisotopic (exact) mass is 268 g/mol. The average molecular weight is 268 g/mol. The zero-order valence-electron chi connectivity index (χ0n) is 12.6. The van der Waals surface area contributed by atoms with Crippen molar-refractivity contribution in [2.24, 2.45) is 5.92 Å². The van der Waals surface area contributed by atoms with E-state index in [9.17, 15) is 4.79 Å². The van der Waals surface area contributed by atoms with Crippen molar-refractivity contribution < 1.29 is 9.53 Å². The van der Waals surface area contributed by atoms with E-state index in [1.54, 1.807) is 0 Å². The van der Waals surface area contributed by atoms with Gasteiger partial charge in [-0.3, -0.25) is 0 Å². The summed E-state index contributed by atoms with van der Waals surface area (Å²) >= 11 is 0. The number of hydrogen-bond donors (Lipinski definition) is 0. The molecule has 0 saturated carbocycles. The molecule has 0 bridgehead atoms. The van der Waals surface area contributed by atoms with E-state index in [0.29, 0.717) is 6.04 Å². The number of ether oxygens (including phenoxy) is 1. The zero-order chi connectivity index (χ0) is 13.8. The lowest BCUT2D eigenvalue weighted by Gasteiger charge is -2.41. The van der Waals surface area contributed by atoms with Crippen LogP contribution in [-0.4, -0.2) is 54.2 Å². The lowest BCUT2D eigenvalue weighted by Crippen LogP contribution is -2.49. The molecule has 2 rings (SSSR count). The van der Waals surface area contributed by atoms with Gasteiger partial charge in [0.05, 0.1) is 6.10 Å². The Morgan fingerprint density at radius 3 is 2.16 bits per heavy atom. The van der Waals surface area contributed by atoms with Gasteiger partial charge in [0.2, 0.25) is 0 Å². The Morgan fingerprint density at radius 2 is 1.63 bits per heavy atom. The summed E-state index contributed by atoms with van der Waals surface area (Å²) in [6.45, 7) is 10.3. The topological polar surface area (TPSA) is 32.8 Å². The van der Waals surface area contributed by atoms with E-state index >= 15 is 0 Å². The summed E-state index contributed by atoms with van der Waals surface area (Å²) in [4.78, 5) is 16.3. The summed E-state index contributed by atoms with van der Waals surface area (Å²) in [5, 5.41) is 0. The standard InChI is InChI=1S/C15H28N2O2/c1-12(2)19-15(18)17-10-6-14(7-11-17)16-8-4-13(3)5-9-16/h12-14H,4-11H2,1-3H3. The molecule has 2 saturated heterocycles. The van der Waals surface area contributed by atoms with Crippen LogP contribution >= 0.6 is 0 Å².